The average molecular weight is 1300 g/mol. The lowest BCUT2D eigenvalue weighted by Gasteiger charge is -2.34. The van der Waals surface area contributed by atoms with Crippen LogP contribution >= 0.6 is 0 Å². The molecule has 0 radical (unpaired) electrons. The van der Waals surface area contributed by atoms with Gasteiger partial charge in [-0.3, -0.25) is 14.1 Å². The molecule has 2 aliphatic rings. The van der Waals surface area contributed by atoms with Gasteiger partial charge in [-0.15, -0.1) is 0 Å². The summed E-state index contributed by atoms with van der Waals surface area (Å²) in [6, 6.07) is 59.6. The molecule has 0 spiro atoms. The van der Waals surface area contributed by atoms with Crippen molar-refractivity contribution < 1.29 is 13.3 Å². The van der Waals surface area contributed by atoms with Crippen LogP contribution < -0.4 is 4.90 Å². The number of aliphatic imine (C=N–C) groups is 1. The molecule has 9 aromatic carbocycles. The lowest BCUT2D eigenvalue weighted by Crippen LogP contribution is -2.40. The van der Waals surface area contributed by atoms with Gasteiger partial charge in [-0.05, 0) is 205 Å². The van der Waals surface area contributed by atoms with Crippen molar-refractivity contribution in [1.82, 2.24) is 34.1 Å². The third-order valence-corrected chi connectivity index (χ3v) is 20.2. The van der Waals surface area contributed by atoms with Crippen LogP contribution in [0.5, 0.6) is 0 Å². The fraction of sp³-hybridized carbons (Fsp3) is 0.264. The molecule has 0 saturated heterocycles. The number of hydrogen-bond acceptors (Lipinski definition) is 10. The molecule has 0 N–H and O–H groups in total. The Kier molecular flexibility index (Phi) is 15.5. The normalized spacial score (nSPS) is 15.0. The molecule has 1 aliphatic carbocycles. The molecule has 12 heteroatoms. The summed E-state index contributed by atoms with van der Waals surface area (Å²) in [6.07, 6.45) is 7.11. The average Bonchev–Trinajstić information content (AvgIpc) is 1.63. The summed E-state index contributed by atoms with van der Waals surface area (Å²) < 4.78 is 22.9. The number of amidine groups is 1. The van der Waals surface area contributed by atoms with Crippen molar-refractivity contribution in [1.29, 1.82) is 0 Å². The van der Waals surface area contributed by atoms with Gasteiger partial charge in [-0.25, -0.2) is 24.9 Å². The molecule has 0 saturated carbocycles. The Morgan fingerprint density at radius 2 is 0.697 bits per heavy atom. The molecule has 5 aromatic heterocycles. The molecule has 6 heterocycles. The lowest BCUT2D eigenvalue weighted by molar-refractivity contribution is 0.560. The van der Waals surface area contributed by atoms with Crippen LogP contribution in [-0.2, 0) is 0 Å². The van der Waals surface area contributed by atoms with Crippen LogP contribution in [0.1, 0.15) is 181 Å². The van der Waals surface area contributed by atoms with E-state index in [1.807, 2.05) is 39.0 Å². The van der Waals surface area contributed by atoms with Crippen molar-refractivity contribution in [2.45, 2.75) is 151 Å². The fourth-order valence-electron chi connectivity index (χ4n) is 15.4. The minimum Gasteiger partial charge on any atom is -0.441 e. The molecule has 0 amide bonds. The van der Waals surface area contributed by atoms with Crippen molar-refractivity contribution in [3.8, 4) is 56.4 Å². The molecule has 1 aliphatic heterocycles. The smallest absolute Gasteiger partial charge is 0.192 e. The number of anilines is 1. The number of benzene rings is 9. The van der Waals surface area contributed by atoms with Gasteiger partial charge in [-0.2, -0.15) is 0 Å². The van der Waals surface area contributed by atoms with E-state index in [0.29, 0.717) is 17.7 Å². The van der Waals surface area contributed by atoms with Gasteiger partial charge >= 0.3 is 0 Å². The molecule has 0 bridgehead atoms. The topological polar surface area (TPSA) is 129 Å². The van der Waals surface area contributed by atoms with Crippen LogP contribution in [0.15, 0.2) is 200 Å². The number of rotatable bonds is 15. The molecular weight excluding hydrogens is 1220 g/mol. The highest BCUT2D eigenvalue weighted by Crippen LogP contribution is 2.46. The van der Waals surface area contributed by atoms with Crippen LogP contribution in [0.25, 0.3) is 117 Å². The lowest BCUT2D eigenvalue weighted by atomic mass is 9.87. The SMILES string of the molecule is Cc1nc2cc(C3=NC4C=C(c5cc(-c6ccc7c(c6)nc(-c6ccc8oc(C)nc8c6)n7-c6c(C(C)C)cccc6C(C)C)cc(-c6ccc7c(c6)nc(-c6ccc8oc(C)nc8c6)n7-c6c(C(C)C)cccc6C(C)C)c5)C=CC4N3c3c(C(C)C)cccc3C(C)C)ccc2o1. The molecule has 12 nitrogen and oxygen atoms in total. The first-order valence-electron chi connectivity index (χ1n) is 35.2. The first-order chi connectivity index (χ1) is 47.7. The van der Waals surface area contributed by atoms with E-state index in [9.17, 15) is 0 Å². The number of hydrogen-bond donors (Lipinski definition) is 0. The first kappa shape index (κ1) is 63.0. The Morgan fingerprint density at radius 1 is 0.343 bits per heavy atom. The zero-order valence-corrected chi connectivity index (χ0v) is 59.2. The minimum absolute atomic E-state index is 0.103. The van der Waals surface area contributed by atoms with Crippen LogP contribution in [0.4, 0.5) is 5.69 Å². The number of allylic oxidation sites excluding steroid dienone is 2. The number of nitrogens with zero attached hydrogens (tertiary/aromatic N) is 9. The van der Waals surface area contributed by atoms with E-state index >= 15 is 0 Å². The van der Waals surface area contributed by atoms with Gasteiger partial charge in [0, 0.05) is 37.5 Å². The molecular formula is C87H83N9O3. The molecule has 0 fully saturated rings. The highest BCUT2D eigenvalue weighted by atomic mass is 16.4. The fourth-order valence-corrected chi connectivity index (χ4v) is 15.4. The number of oxazole rings is 3. The van der Waals surface area contributed by atoms with Crippen LogP contribution in [0, 0.1) is 20.8 Å². The maximum Gasteiger partial charge on any atom is 0.192 e. The van der Waals surface area contributed by atoms with Gasteiger partial charge in [0.05, 0.1) is 51.2 Å². The molecule has 99 heavy (non-hydrogen) atoms. The van der Waals surface area contributed by atoms with Crippen molar-refractivity contribution in [3.63, 3.8) is 0 Å². The van der Waals surface area contributed by atoms with Crippen molar-refractivity contribution in [3.05, 3.63) is 244 Å². The maximum absolute atomic E-state index is 6.04. The van der Waals surface area contributed by atoms with Crippen molar-refractivity contribution >= 4 is 72.5 Å². The predicted octanol–water partition coefficient (Wildman–Crippen LogP) is 22.8. The van der Waals surface area contributed by atoms with Crippen molar-refractivity contribution in [2.24, 2.45) is 4.99 Å². The summed E-state index contributed by atoms with van der Waals surface area (Å²) in [6.45, 7) is 33.2. The van der Waals surface area contributed by atoms with Gasteiger partial charge in [0.25, 0.3) is 0 Å². The van der Waals surface area contributed by atoms with Crippen LogP contribution in [0.2, 0.25) is 0 Å². The molecule has 14 aromatic rings. The third-order valence-electron chi connectivity index (χ3n) is 20.2. The molecule has 2 atom stereocenters. The summed E-state index contributed by atoms with van der Waals surface area (Å²) >= 11 is 0. The maximum atomic E-state index is 6.04. The highest BCUT2D eigenvalue weighted by molar-refractivity contribution is 6.14. The minimum atomic E-state index is -0.228. The van der Waals surface area contributed by atoms with Crippen LogP contribution in [-0.4, -0.2) is 52.0 Å². The first-order valence-corrected chi connectivity index (χ1v) is 35.2. The number of fused-ring (bicyclic) bond motifs is 6. The van der Waals surface area contributed by atoms with Gasteiger partial charge in [0.2, 0.25) is 0 Å². The van der Waals surface area contributed by atoms with Crippen molar-refractivity contribution in [2.75, 3.05) is 4.90 Å². The van der Waals surface area contributed by atoms with Crippen LogP contribution in [0.3, 0.4) is 0 Å². The third kappa shape index (κ3) is 10.9. The Bertz CT molecular complexity index is 5350. The van der Waals surface area contributed by atoms with E-state index in [1.54, 1.807) is 0 Å². The summed E-state index contributed by atoms with van der Waals surface area (Å²) in [7, 11) is 0. The Labute approximate surface area is 578 Å². The zero-order chi connectivity index (χ0) is 68.6. The summed E-state index contributed by atoms with van der Waals surface area (Å²) in [5.74, 6) is 6.02. The van der Waals surface area contributed by atoms with E-state index in [1.165, 1.54) is 50.4 Å². The second-order valence-electron chi connectivity index (χ2n) is 29.1. The molecule has 16 rings (SSSR count). The van der Waals surface area contributed by atoms with E-state index in [2.05, 4.69) is 261 Å². The largest absolute Gasteiger partial charge is 0.441 e. The predicted molar refractivity (Wildman–Crippen MR) is 405 cm³/mol. The Hall–Kier alpha value is -10.7. The Morgan fingerprint density at radius 3 is 1.10 bits per heavy atom. The van der Waals surface area contributed by atoms with Gasteiger partial charge in [0.1, 0.15) is 34.0 Å². The zero-order valence-electron chi connectivity index (χ0n) is 59.2. The molecule has 494 valence electrons. The Balaban J connectivity index is 0.911. The summed E-state index contributed by atoms with van der Waals surface area (Å²) in [4.78, 5) is 34.1. The monoisotopic (exact) mass is 1300 g/mol. The van der Waals surface area contributed by atoms with E-state index < -0.39 is 0 Å². The van der Waals surface area contributed by atoms with Gasteiger partial charge in [-0.1, -0.05) is 162 Å². The van der Waals surface area contributed by atoms with E-state index in [4.69, 9.17) is 43.2 Å². The second-order valence-corrected chi connectivity index (χ2v) is 29.1. The number of para-hydroxylation sites is 3. The van der Waals surface area contributed by atoms with E-state index in [0.717, 1.165) is 123 Å². The standard InChI is InChI=1S/C87H83N9O3/c1-46(2)64-19-16-20-65(47(3)4)82(64)94-76-31-25-55(40-70(76)91-85(94)58-28-34-79-73(43-58)88-52(13)97-79)61-37-62(56-26-32-77-71(41-56)92-86(59-29-35-80-74(44-59)89-53(14)98-80)95(77)83-66(48(5)6)21-17-22-67(83)49(7)8)39-63(38-61)57-27-33-78-72(42-57)93-87(60-30-36-81-75(45-60)90-54(15)99-81)96(78)84-68(50(9)10)23-18-24-69(84)51(11)12/h16-51,70,76H,1-15H3. The second kappa shape index (κ2) is 24.4. The number of imidazole rings is 2. The number of aryl methyl sites for hydroxylation is 3. The van der Waals surface area contributed by atoms with Gasteiger partial charge in [0.15, 0.2) is 34.4 Å². The summed E-state index contributed by atoms with van der Waals surface area (Å²) in [5.41, 5.74) is 28.9. The van der Waals surface area contributed by atoms with Gasteiger partial charge < -0.3 is 18.2 Å². The molecule has 2 unspecified atom stereocenters. The quantitative estimate of drug-likeness (QED) is 0.0985. The number of aromatic nitrogens is 7. The van der Waals surface area contributed by atoms with E-state index in [-0.39, 0.29) is 47.6 Å². The highest BCUT2D eigenvalue weighted by Gasteiger charge is 2.40. The summed E-state index contributed by atoms with van der Waals surface area (Å²) in [5, 5.41) is 0.